The maximum Gasteiger partial charge on any atom is 0.292 e. The van der Waals surface area contributed by atoms with Crippen LogP contribution in [0.25, 0.3) is 0 Å². The molecule has 0 radical (unpaired) electrons. The Balaban J connectivity index is 0.000001000. The Morgan fingerprint density at radius 1 is 1.55 bits per heavy atom. The second kappa shape index (κ2) is 4.48. The van der Waals surface area contributed by atoms with E-state index in [9.17, 15) is 0 Å². The predicted molar refractivity (Wildman–Crippen MR) is 39.3 cm³/mol. The molecule has 0 aliphatic heterocycles. The highest BCUT2D eigenvalue weighted by Gasteiger charge is 2.01. The number of rotatable bonds is 1. The van der Waals surface area contributed by atoms with Gasteiger partial charge in [-0.05, 0) is 19.9 Å². The van der Waals surface area contributed by atoms with Gasteiger partial charge in [-0.15, -0.1) is 4.68 Å². The molecule has 0 saturated carbocycles. The second-order valence-corrected chi connectivity index (χ2v) is 2.22. The van der Waals surface area contributed by atoms with E-state index in [1.54, 1.807) is 4.68 Å². The van der Waals surface area contributed by atoms with Crippen molar-refractivity contribution < 1.29 is 28.7 Å². The molecule has 0 aromatic carbocycles. The lowest BCUT2D eigenvalue weighted by Gasteiger charge is -1.96. The summed E-state index contributed by atoms with van der Waals surface area (Å²) in [7, 11) is 0. The molecule has 0 saturated heterocycles. The van der Waals surface area contributed by atoms with E-state index < -0.39 is 0 Å². The molecule has 0 amide bonds. The van der Waals surface area contributed by atoms with Crippen molar-refractivity contribution in [2.75, 3.05) is 5.73 Å². The molecule has 0 atom stereocenters. The largest absolute Gasteiger partial charge is 1.00 e. The van der Waals surface area contributed by atoms with Crippen LogP contribution in [0, 0.1) is 6.92 Å². The zero-order valence-corrected chi connectivity index (χ0v) is 8.87. The molecule has 1 aromatic heterocycles. The number of nitrogen functional groups attached to an aromatic ring is 1. The third-order valence-corrected chi connectivity index (χ3v) is 1.37. The average Bonchev–Trinajstić information content (AvgIpc) is 1.94. The lowest BCUT2D eigenvalue weighted by molar-refractivity contribution is -0.737. The summed E-state index contributed by atoms with van der Waals surface area (Å²) in [5.74, 6) is 0.716. The van der Waals surface area contributed by atoms with Gasteiger partial charge in [-0.1, -0.05) is 5.10 Å². The van der Waals surface area contributed by atoms with Crippen LogP contribution in [-0.2, 0) is 6.54 Å². The third kappa shape index (κ3) is 2.61. The molecule has 0 unspecified atom stereocenters. The van der Waals surface area contributed by atoms with Crippen molar-refractivity contribution in [3.8, 4) is 0 Å². The van der Waals surface area contributed by atoms with Gasteiger partial charge in [0.1, 0.15) is 6.54 Å². The van der Waals surface area contributed by atoms with Crippen LogP contribution in [0.15, 0.2) is 12.1 Å². The predicted octanol–water partition coefficient (Wildman–Crippen LogP) is -2.72. The first-order valence-corrected chi connectivity index (χ1v) is 3.37. The Morgan fingerprint density at radius 2 is 2.18 bits per heavy atom. The standard InChI is InChI=1S/C7H11N3.HI/c1-3-10-7(8)5-4-6(2)9-10;/h4-5,8H,3H2,1-2H3;1H. The average molecular weight is 265 g/mol. The highest BCUT2D eigenvalue weighted by molar-refractivity contribution is 5.19. The van der Waals surface area contributed by atoms with E-state index in [1.165, 1.54) is 0 Å². The van der Waals surface area contributed by atoms with Gasteiger partial charge in [-0.2, -0.15) is 0 Å². The highest BCUT2D eigenvalue weighted by atomic mass is 127. The van der Waals surface area contributed by atoms with E-state index in [2.05, 4.69) is 5.10 Å². The van der Waals surface area contributed by atoms with Gasteiger partial charge < -0.3 is 24.0 Å². The number of aromatic nitrogens is 2. The summed E-state index contributed by atoms with van der Waals surface area (Å²) in [5.41, 5.74) is 6.60. The van der Waals surface area contributed by atoms with Gasteiger partial charge in [0.05, 0.1) is 5.69 Å². The van der Waals surface area contributed by atoms with Crippen LogP contribution in [0.3, 0.4) is 0 Å². The lowest BCUT2D eigenvalue weighted by atomic mass is 10.4. The zero-order chi connectivity index (χ0) is 7.56. The molecule has 11 heavy (non-hydrogen) atoms. The molecule has 0 aliphatic rings. The number of hydrogen-bond donors (Lipinski definition) is 1. The quantitative estimate of drug-likeness (QED) is 0.443. The van der Waals surface area contributed by atoms with E-state index in [1.807, 2.05) is 26.0 Å². The number of aryl methyl sites for hydroxylation is 2. The SMILES string of the molecule is CC[n+]1nc(C)ccc1N.[I-]. The molecule has 1 rings (SSSR count). The normalized spacial score (nSPS) is 8.91. The number of nitrogens with two attached hydrogens (primary N) is 1. The molecule has 1 aromatic rings. The minimum Gasteiger partial charge on any atom is -1.00 e. The maximum atomic E-state index is 5.60. The van der Waals surface area contributed by atoms with E-state index in [4.69, 9.17) is 5.73 Å². The molecular formula is C7H12IN3. The van der Waals surface area contributed by atoms with Crippen LogP contribution in [0.1, 0.15) is 12.6 Å². The number of anilines is 1. The van der Waals surface area contributed by atoms with E-state index >= 15 is 0 Å². The minimum atomic E-state index is 0. The number of hydrogen-bond acceptors (Lipinski definition) is 2. The van der Waals surface area contributed by atoms with E-state index in [0.717, 1.165) is 12.2 Å². The van der Waals surface area contributed by atoms with Crippen LogP contribution in [0.2, 0.25) is 0 Å². The van der Waals surface area contributed by atoms with Crippen LogP contribution in [-0.4, -0.2) is 5.10 Å². The molecule has 0 bridgehead atoms. The monoisotopic (exact) mass is 265 g/mol. The van der Waals surface area contributed by atoms with Gasteiger partial charge in [-0.25, -0.2) is 0 Å². The van der Waals surface area contributed by atoms with Crippen molar-refractivity contribution in [3.63, 3.8) is 0 Å². The van der Waals surface area contributed by atoms with Gasteiger partial charge in [-0.3, -0.25) is 5.73 Å². The van der Waals surface area contributed by atoms with Gasteiger partial charge >= 0.3 is 0 Å². The molecule has 3 nitrogen and oxygen atoms in total. The number of nitrogens with zero attached hydrogens (tertiary/aromatic N) is 2. The van der Waals surface area contributed by atoms with Crippen LogP contribution in [0.4, 0.5) is 5.82 Å². The van der Waals surface area contributed by atoms with Crippen molar-refractivity contribution in [1.82, 2.24) is 5.10 Å². The fraction of sp³-hybridized carbons (Fsp3) is 0.429. The second-order valence-electron chi connectivity index (χ2n) is 2.22. The molecule has 0 fully saturated rings. The van der Waals surface area contributed by atoms with Gasteiger partial charge in [0, 0.05) is 6.07 Å². The van der Waals surface area contributed by atoms with Gasteiger partial charge in [0.2, 0.25) is 0 Å². The van der Waals surface area contributed by atoms with E-state index in [0.29, 0.717) is 5.82 Å². The van der Waals surface area contributed by atoms with E-state index in [-0.39, 0.29) is 24.0 Å². The van der Waals surface area contributed by atoms with Crippen LogP contribution in [0.5, 0.6) is 0 Å². The first-order valence-electron chi connectivity index (χ1n) is 3.37. The maximum absolute atomic E-state index is 5.60. The summed E-state index contributed by atoms with van der Waals surface area (Å²) in [5, 5.41) is 4.18. The summed E-state index contributed by atoms with van der Waals surface area (Å²) in [4.78, 5) is 0. The Hall–Kier alpha value is -0.390. The topological polar surface area (TPSA) is 42.8 Å². The Bertz CT molecular complexity index is 237. The fourth-order valence-electron chi connectivity index (χ4n) is 0.827. The van der Waals surface area contributed by atoms with Crippen LogP contribution < -0.4 is 34.4 Å². The fourth-order valence-corrected chi connectivity index (χ4v) is 0.827. The molecule has 4 heteroatoms. The first-order chi connectivity index (χ1) is 4.74. The first kappa shape index (κ1) is 10.6. The smallest absolute Gasteiger partial charge is 0.292 e. The summed E-state index contributed by atoms with van der Waals surface area (Å²) in [6, 6.07) is 3.77. The van der Waals surface area contributed by atoms with Crippen molar-refractivity contribution >= 4 is 5.82 Å². The lowest BCUT2D eigenvalue weighted by Crippen LogP contribution is -3.00. The molecule has 2 N–H and O–H groups in total. The van der Waals surface area contributed by atoms with Crippen molar-refractivity contribution in [3.05, 3.63) is 17.8 Å². The molecule has 0 aliphatic carbocycles. The highest BCUT2D eigenvalue weighted by Crippen LogP contribution is 1.92. The molecule has 0 spiro atoms. The number of halogens is 1. The molecule has 1 heterocycles. The summed E-state index contributed by atoms with van der Waals surface area (Å²) >= 11 is 0. The Kier molecular flexibility index (Phi) is 4.32. The minimum absolute atomic E-state index is 0. The third-order valence-electron chi connectivity index (χ3n) is 1.37. The van der Waals surface area contributed by atoms with Crippen molar-refractivity contribution in [1.29, 1.82) is 0 Å². The van der Waals surface area contributed by atoms with Crippen LogP contribution >= 0.6 is 0 Å². The van der Waals surface area contributed by atoms with Crippen molar-refractivity contribution in [2.45, 2.75) is 20.4 Å². The summed E-state index contributed by atoms with van der Waals surface area (Å²) < 4.78 is 1.77. The summed E-state index contributed by atoms with van der Waals surface area (Å²) in [6.45, 7) is 4.79. The van der Waals surface area contributed by atoms with Crippen molar-refractivity contribution in [2.24, 2.45) is 0 Å². The summed E-state index contributed by atoms with van der Waals surface area (Å²) in [6.07, 6.45) is 0. The van der Waals surface area contributed by atoms with Gasteiger partial charge in [0.25, 0.3) is 5.82 Å². The molecular weight excluding hydrogens is 253 g/mol. The zero-order valence-electron chi connectivity index (χ0n) is 6.71. The van der Waals surface area contributed by atoms with Gasteiger partial charge in [0.15, 0.2) is 0 Å². The Labute approximate surface area is 83.6 Å². The Morgan fingerprint density at radius 3 is 2.64 bits per heavy atom. The molecule has 62 valence electrons.